The van der Waals surface area contributed by atoms with Crippen molar-refractivity contribution in [3.8, 4) is 0 Å². The summed E-state index contributed by atoms with van der Waals surface area (Å²) < 4.78 is 0. The molecule has 98 valence electrons. The van der Waals surface area contributed by atoms with Crippen molar-refractivity contribution >= 4 is 11.9 Å². The Hall–Kier alpha value is -1.14. The molecule has 1 heterocycles. The van der Waals surface area contributed by atoms with Gasteiger partial charge in [-0.25, -0.2) is 0 Å². The molecule has 0 aromatic heterocycles. The number of carboxylic acids is 1. The molecule has 1 saturated heterocycles. The van der Waals surface area contributed by atoms with Crippen LogP contribution < -0.4 is 5.32 Å². The number of carbonyl (C=O) groups excluding carboxylic acids is 1. The fourth-order valence-corrected chi connectivity index (χ4v) is 2.02. The molecule has 0 spiro atoms. The fraction of sp³-hybridized carbons (Fsp3) is 0.818. The highest BCUT2D eigenvalue weighted by Crippen LogP contribution is 2.06. The Balaban J connectivity index is 2.35. The molecule has 17 heavy (non-hydrogen) atoms. The lowest BCUT2D eigenvalue weighted by atomic mass is 10.1. The SMILES string of the molecule is CNCC(C)C(=O)N1CCN(CC(=O)O)CC1. The van der Waals surface area contributed by atoms with Gasteiger partial charge in [0.05, 0.1) is 6.54 Å². The molecule has 1 aliphatic rings. The lowest BCUT2D eigenvalue weighted by molar-refractivity contribution is -0.140. The number of rotatable bonds is 5. The first kappa shape index (κ1) is 13.9. The Labute approximate surface area is 102 Å². The summed E-state index contributed by atoms with van der Waals surface area (Å²) in [6.07, 6.45) is 0. The normalized spacial score (nSPS) is 19.1. The molecule has 1 amide bonds. The molecule has 6 heteroatoms. The third-order valence-electron chi connectivity index (χ3n) is 2.97. The van der Waals surface area contributed by atoms with Crippen LogP contribution in [0, 0.1) is 5.92 Å². The van der Waals surface area contributed by atoms with Gasteiger partial charge in [-0.15, -0.1) is 0 Å². The van der Waals surface area contributed by atoms with Crippen molar-refractivity contribution in [2.45, 2.75) is 6.92 Å². The predicted octanol–water partition coefficient (Wildman–Crippen LogP) is -0.929. The number of nitrogens with one attached hydrogen (secondary N) is 1. The third kappa shape index (κ3) is 4.32. The van der Waals surface area contributed by atoms with Gasteiger partial charge in [0.15, 0.2) is 0 Å². The van der Waals surface area contributed by atoms with Gasteiger partial charge >= 0.3 is 5.97 Å². The Morgan fingerprint density at radius 3 is 2.35 bits per heavy atom. The summed E-state index contributed by atoms with van der Waals surface area (Å²) in [4.78, 5) is 26.2. The Kier molecular flexibility index (Phi) is 5.37. The highest BCUT2D eigenvalue weighted by Gasteiger charge is 2.24. The molecule has 2 N–H and O–H groups in total. The van der Waals surface area contributed by atoms with Crippen LogP contribution in [0.4, 0.5) is 0 Å². The zero-order chi connectivity index (χ0) is 12.8. The maximum atomic E-state index is 12.0. The third-order valence-corrected chi connectivity index (χ3v) is 2.97. The van der Waals surface area contributed by atoms with Crippen molar-refractivity contribution < 1.29 is 14.7 Å². The molecule has 0 bridgehead atoms. The van der Waals surface area contributed by atoms with E-state index in [9.17, 15) is 9.59 Å². The molecule has 1 unspecified atom stereocenters. The Morgan fingerprint density at radius 1 is 1.29 bits per heavy atom. The van der Waals surface area contributed by atoms with Crippen LogP contribution in [0.2, 0.25) is 0 Å². The van der Waals surface area contributed by atoms with Crippen LogP contribution in [-0.4, -0.2) is 73.1 Å². The van der Waals surface area contributed by atoms with E-state index in [2.05, 4.69) is 5.32 Å². The second-order valence-electron chi connectivity index (χ2n) is 4.45. The Bertz CT molecular complexity index is 275. The average molecular weight is 243 g/mol. The minimum atomic E-state index is -0.812. The smallest absolute Gasteiger partial charge is 0.317 e. The van der Waals surface area contributed by atoms with E-state index < -0.39 is 5.97 Å². The summed E-state index contributed by atoms with van der Waals surface area (Å²) >= 11 is 0. The highest BCUT2D eigenvalue weighted by atomic mass is 16.4. The molecule has 1 aliphatic heterocycles. The molecule has 6 nitrogen and oxygen atoms in total. The van der Waals surface area contributed by atoms with Gasteiger partial charge in [-0.3, -0.25) is 14.5 Å². The monoisotopic (exact) mass is 243 g/mol. The molecule has 0 saturated carbocycles. The van der Waals surface area contributed by atoms with Crippen LogP contribution in [0.25, 0.3) is 0 Å². The topological polar surface area (TPSA) is 72.9 Å². The van der Waals surface area contributed by atoms with Gasteiger partial charge < -0.3 is 15.3 Å². The molecule has 0 aromatic carbocycles. The zero-order valence-electron chi connectivity index (χ0n) is 10.5. The summed E-state index contributed by atoms with van der Waals surface area (Å²) in [5.41, 5.74) is 0. The molecule has 0 aliphatic carbocycles. The number of nitrogens with zero attached hydrogens (tertiary/aromatic N) is 2. The number of hydrogen-bond acceptors (Lipinski definition) is 4. The maximum absolute atomic E-state index is 12.0. The molecule has 1 fully saturated rings. The van der Waals surface area contributed by atoms with Crippen molar-refractivity contribution in [2.75, 3.05) is 46.3 Å². The van der Waals surface area contributed by atoms with Crippen LogP contribution >= 0.6 is 0 Å². The minimum Gasteiger partial charge on any atom is -0.480 e. The van der Waals surface area contributed by atoms with E-state index in [1.54, 1.807) is 0 Å². The van der Waals surface area contributed by atoms with Crippen molar-refractivity contribution in [2.24, 2.45) is 5.92 Å². The average Bonchev–Trinajstić information content (AvgIpc) is 2.28. The number of hydrogen-bond donors (Lipinski definition) is 2. The van der Waals surface area contributed by atoms with Gasteiger partial charge in [0.25, 0.3) is 0 Å². The second-order valence-corrected chi connectivity index (χ2v) is 4.45. The van der Waals surface area contributed by atoms with Crippen molar-refractivity contribution in [1.82, 2.24) is 15.1 Å². The van der Waals surface area contributed by atoms with E-state index in [-0.39, 0.29) is 18.4 Å². The van der Waals surface area contributed by atoms with E-state index in [0.717, 1.165) is 0 Å². The number of amides is 1. The van der Waals surface area contributed by atoms with Gasteiger partial charge in [-0.2, -0.15) is 0 Å². The lowest BCUT2D eigenvalue weighted by Crippen LogP contribution is -2.51. The fourth-order valence-electron chi connectivity index (χ4n) is 2.02. The predicted molar refractivity (Wildman–Crippen MR) is 63.7 cm³/mol. The molecule has 1 rings (SSSR count). The first-order valence-electron chi connectivity index (χ1n) is 5.92. The lowest BCUT2D eigenvalue weighted by Gasteiger charge is -2.35. The first-order valence-corrected chi connectivity index (χ1v) is 5.92. The summed E-state index contributed by atoms with van der Waals surface area (Å²) in [6, 6.07) is 0. The number of carbonyl (C=O) groups is 2. The summed E-state index contributed by atoms with van der Waals surface area (Å²) in [6.45, 7) is 5.18. The first-order chi connectivity index (χ1) is 8.04. The summed E-state index contributed by atoms with van der Waals surface area (Å²) in [7, 11) is 1.83. The zero-order valence-corrected chi connectivity index (χ0v) is 10.5. The maximum Gasteiger partial charge on any atom is 0.317 e. The summed E-state index contributed by atoms with van der Waals surface area (Å²) in [5, 5.41) is 11.7. The largest absolute Gasteiger partial charge is 0.480 e. The number of piperazine rings is 1. The standard InChI is InChI=1S/C11H21N3O3/c1-9(7-12-2)11(17)14-5-3-13(4-6-14)8-10(15)16/h9,12H,3-8H2,1-2H3,(H,15,16). The quantitative estimate of drug-likeness (QED) is 0.653. The minimum absolute atomic E-state index is 0.0222. The van der Waals surface area contributed by atoms with E-state index >= 15 is 0 Å². The van der Waals surface area contributed by atoms with Crippen LogP contribution in [0.3, 0.4) is 0 Å². The van der Waals surface area contributed by atoms with Crippen molar-refractivity contribution in [1.29, 1.82) is 0 Å². The van der Waals surface area contributed by atoms with Gasteiger partial charge in [0, 0.05) is 38.6 Å². The molecular weight excluding hydrogens is 222 g/mol. The van der Waals surface area contributed by atoms with E-state index in [1.807, 2.05) is 23.8 Å². The van der Waals surface area contributed by atoms with Crippen LogP contribution in [0.1, 0.15) is 6.92 Å². The molecule has 0 radical (unpaired) electrons. The van der Waals surface area contributed by atoms with Crippen molar-refractivity contribution in [3.05, 3.63) is 0 Å². The summed E-state index contributed by atoms with van der Waals surface area (Å²) in [5.74, 6) is -0.686. The van der Waals surface area contributed by atoms with Gasteiger partial charge in [-0.05, 0) is 7.05 Å². The van der Waals surface area contributed by atoms with Crippen molar-refractivity contribution in [3.63, 3.8) is 0 Å². The Morgan fingerprint density at radius 2 is 1.88 bits per heavy atom. The molecular formula is C11H21N3O3. The van der Waals surface area contributed by atoms with E-state index in [4.69, 9.17) is 5.11 Å². The molecule has 1 atom stereocenters. The number of aliphatic carboxylic acids is 1. The van der Waals surface area contributed by atoms with Crippen LogP contribution in [-0.2, 0) is 9.59 Å². The van der Waals surface area contributed by atoms with Gasteiger partial charge in [0.2, 0.25) is 5.91 Å². The van der Waals surface area contributed by atoms with E-state index in [0.29, 0.717) is 32.7 Å². The highest BCUT2D eigenvalue weighted by molar-refractivity contribution is 5.78. The van der Waals surface area contributed by atoms with Gasteiger partial charge in [0.1, 0.15) is 0 Å². The van der Waals surface area contributed by atoms with Gasteiger partial charge in [-0.1, -0.05) is 6.92 Å². The second kappa shape index (κ2) is 6.56. The van der Waals surface area contributed by atoms with Crippen LogP contribution in [0.15, 0.2) is 0 Å². The van der Waals surface area contributed by atoms with E-state index in [1.165, 1.54) is 0 Å². The number of carboxylic acid groups (broad SMARTS) is 1. The van der Waals surface area contributed by atoms with Crippen LogP contribution in [0.5, 0.6) is 0 Å². The molecule has 0 aromatic rings.